The third-order valence-electron chi connectivity index (χ3n) is 7.62. The summed E-state index contributed by atoms with van der Waals surface area (Å²) in [6.07, 6.45) is 13.5. The van der Waals surface area contributed by atoms with Crippen molar-refractivity contribution in [1.82, 2.24) is 0 Å². The van der Waals surface area contributed by atoms with Crippen LogP contribution in [0.1, 0.15) is 107 Å². The highest BCUT2D eigenvalue weighted by molar-refractivity contribution is 6.11. The fourth-order valence-electron chi connectivity index (χ4n) is 5.20. The molecule has 0 atom stereocenters. The van der Waals surface area contributed by atoms with E-state index >= 15 is 0 Å². The first-order chi connectivity index (χ1) is 16.9. The Balaban J connectivity index is 2.07. The summed E-state index contributed by atoms with van der Waals surface area (Å²) in [5.41, 5.74) is 1.68. The van der Waals surface area contributed by atoms with Crippen LogP contribution in [0.5, 0.6) is 0 Å². The Morgan fingerprint density at radius 2 is 1.08 bits per heavy atom. The number of hydrogen-bond acceptors (Lipinski definition) is 4. The largest absolute Gasteiger partial charge is 0.481 e. The van der Waals surface area contributed by atoms with Crippen LogP contribution in [0.15, 0.2) is 46.6 Å². The van der Waals surface area contributed by atoms with E-state index in [1.165, 1.54) is 0 Å². The molecule has 0 saturated heterocycles. The van der Waals surface area contributed by atoms with Gasteiger partial charge < -0.3 is 9.84 Å². The second-order valence-electron chi connectivity index (χ2n) is 13.3. The van der Waals surface area contributed by atoms with Crippen LogP contribution in [0.2, 0.25) is 0 Å². The van der Waals surface area contributed by atoms with E-state index in [0.717, 1.165) is 41.6 Å². The lowest BCUT2D eigenvalue weighted by molar-refractivity contribution is -0.147. The lowest BCUT2D eigenvalue weighted by atomic mass is 9.75. The van der Waals surface area contributed by atoms with Crippen LogP contribution < -0.4 is 0 Å². The molecule has 37 heavy (non-hydrogen) atoms. The average molecular weight is 513 g/mol. The molecule has 5 nitrogen and oxygen atoms in total. The third-order valence-corrected chi connectivity index (χ3v) is 7.62. The van der Waals surface area contributed by atoms with Crippen LogP contribution in [0, 0.1) is 16.2 Å². The van der Waals surface area contributed by atoms with Gasteiger partial charge in [-0.2, -0.15) is 0 Å². The van der Waals surface area contributed by atoms with Crippen molar-refractivity contribution in [2.45, 2.75) is 112 Å². The van der Waals surface area contributed by atoms with Gasteiger partial charge in [0.15, 0.2) is 11.6 Å². The zero-order valence-electron chi connectivity index (χ0n) is 24.5. The number of hydrogen-bond donors (Lipinski definition) is 1. The molecule has 0 amide bonds. The van der Waals surface area contributed by atoms with E-state index in [1.807, 2.05) is 12.2 Å². The molecule has 0 radical (unpaired) electrons. The van der Waals surface area contributed by atoms with Gasteiger partial charge in [-0.3, -0.25) is 14.4 Å². The SMILES string of the molecule is COC(C)(C)CCCC1=CC(C)(C)C=C(CCC2=CC(C)(C)C=C(CCCC(C)(C)C(=O)O)C2=O)C1=O. The number of carbonyl (C=O) groups excluding carboxylic acids is 2. The number of ketones is 2. The summed E-state index contributed by atoms with van der Waals surface area (Å²) in [5.74, 6) is -0.681. The molecule has 0 aliphatic heterocycles. The molecular weight excluding hydrogens is 464 g/mol. The average Bonchev–Trinajstić information content (AvgIpc) is 2.76. The molecule has 0 bridgehead atoms. The Morgan fingerprint density at radius 1 is 0.730 bits per heavy atom. The summed E-state index contributed by atoms with van der Waals surface area (Å²) in [6.45, 7) is 16.0. The third kappa shape index (κ3) is 8.91. The first kappa shape index (κ1) is 31.0. The molecule has 0 aromatic heterocycles. The van der Waals surface area contributed by atoms with Gasteiger partial charge in [0.1, 0.15) is 0 Å². The topological polar surface area (TPSA) is 80.7 Å². The second-order valence-corrected chi connectivity index (χ2v) is 13.3. The van der Waals surface area contributed by atoms with Gasteiger partial charge in [0.05, 0.1) is 11.0 Å². The molecule has 0 aromatic rings. The van der Waals surface area contributed by atoms with E-state index in [4.69, 9.17) is 4.74 Å². The van der Waals surface area contributed by atoms with Gasteiger partial charge >= 0.3 is 5.97 Å². The first-order valence-corrected chi connectivity index (χ1v) is 13.6. The maximum atomic E-state index is 13.3. The van der Waals surface area contributed by atoms with E-state index in [9.17, 15) is 19.5 Å². The van der Waals surface area contributed by atoms with Gasteiger partial charge in [0.2, 0.25) is 0 Å². The summed E-state index contributed by atoms with van der Waals surface area (Å²) in [6, 6.07) is 0. The molecule has 2 rings (SSSR count). The standard InChI is InChI=1S/C32H48O5/c1-29(2)18-22(12-10-16-31(5,6)28(35)36)26(33)24(20-29)14-15-25-21-30(3,4)19-23(27(25)34)13-11-17-32(7,8)37-9/h18-21H,10-17H2,1-9H3,(H,35,36). The van der Waals surface area contributed by atoms with E-state index < -0.39 is 11.4 Å². The number of allylic oxidation sites excluding steroid dienone is 8. The number of methoxy groups -OCH3 is 1. The predicted octanol–water partition coefficient (Wildman–Crippen LogP) is 7.57. The highest BCUT2D eigenvalue weighted by atomic mass is 16.5. The predicted molar refractivity (Wildman–Crippen MR) is 149 cm³/mol. The summed E-state index contributed by atoms with van der Waals surface area (Å²) < 4.78 is 5.52. The minimum absolute atomic E-state index is 0.0353. The lowest BCUT2D eigenvalue weighted by Gasteiger charge is -2.28. The maximum Gasteiger partial charge on any atom is 0.309 e. The Hall–Kier alpha value is -2.27. The summed E-state index contributed by atoms with van der Waals surface area (Å²) in [5, 5.41) is 9.39. The van der Waals surface area contributed by atoms with Gasteiger partial charge in [-0.25, -0.2) is 0 Å². The van der Waals surface area contributed by atoms with Crippen molar-refractivity contribution in [2.75, 3.05) is 7.11 Å². The fraction of sp³-hybridized carbons (Fsp3) is 0.656. The molecule has 0 spiro atoms. The summed E-state index contributed by atoms with van der Waals surface area (Å²) in [4.78, 5) is 38.1. The first-order valence-electron chi connectivity index (χ1n) is 13.6. The highest BCUT2D eigenvalue weighted by Gasteiger charge is 2.31. The quantitative estimate of drug-likeness (QED) is 0.275. The van der Waals surface area contributed by atoms with Crippen molar-refractivity contribution in [1.29, 1.82) is 0 Å². The van der Waals surface area contributed by atoms with Crippen LogP contribution in [0.3, 0.4) is 0 Å². The van der Waals surface area contributed by atoms with Crippen LogP contribution in [-0.4, -0.2) is 35.4 Å². The number of carbonyl (C=O) groups is 3. The van der Waals surface area contributed by atoms with Crippen molar-refractivity contribution >= 4 is 17.5 Å². The van der Waals surface area contributed by atoms with Gasteiger partial charge in [-0.15, -0.1) is 0 Å². The van der Waals surface area contributed by atoms with E-state index in [1.54, 1.807) is 21.0 Å². The van der Waals surface area contributed by atoms with Crippen LogP contribution in [0.4, 0.5) is 0 Å². The smallest absolute Gasteiger partial charge is 0.309 e. The Bertz CT molecular complexity index is 1030. The van der Waals surface area contributed by atoms with Crippen LogP contribution >= 0.6 is 0 Å². The fourth-order valence-corrected chi connectivity index (χ4v) is 5.20. The lowest BCUT2D eigenvalue weighted by Crippen LogP contribution is -2.24. The number of carboxylic acids is 1. The van der Waals surface area contributed by atoms with Crippen LogP contribution in [-0.2, 0) is 19.1 Å². The molecule has 0 aromatic carbocycles. The van der Waals surface area contributed by atoms with Gasteiger partial charge in [0, 0.05) is 17.9 Å². The van der Waals surface area contributed by atoms with Crippen LogP contribution in [0.25, 0.3) is 0 Å². The molecular formula is C32H48O5. The molecule has 206 valence electrons. The van der Waals surface area contributed by atoms with E-state index in [2.05, 4.69) is 53.7 Å². The Morgan fingerprint density at radius 3 is 1.43 bits per heavy atom. The van der Waals surface area contributed by atoms with E-state index in [-0.39, 0.29) is 28.0 Å². The Labute approximate surface area is 224 Å². The number of carboxylic acid groups (broad SMARTS) is 1. The normalized spacial score (nSPS) is 19.7. The number of ether oxygens (including phenoxy) is 1. The van der Waals surface area contributed by atoms with Crippen molar-refractivity contribution < 1.29 is 24.2 Å². The summed E-state index contributed by atoms with van der Waals surface area (Å²) in [7, 11) is 1.72. The molecule has 0 saturated carbocycles. The maximum absolute atomic E-state index is 13.3. The zero-order chi connectivity index (χ0) is 28.2. The van der Waals surface area contributed by atoms with Crippen molar-refractivity contribution in [3.63, 3.8) is 0 Å². The van der Waals surface area contributed by atoms with Gasteiger partial charge in [0.25, 0.3) is 0 Å². The minimum Gasteiger partial charge on any atom is -0.481 e. The molecule has 2 aliphatic carbocycles. The molecule has 0 unspecified atom stereocenters. The molecule has 2 aliphatic rings. The van der Waals surface area contributed by atoms with E-state index in [0.29, 0.717) is 32.1 Å². The molecule has 0 fully saturated rings. The van der Waals surface area contributed by atoms with Crippen molar-refractivity contribution in [2.24, 2.45) is 16.2 Å². The zero-order valence-corrected chi connectivity index (χ0v) is 24.5. The highest BCUT2D eigenvalue weighted by Crippen LogP contribution is 2.37. The van der Waals surface area contributed by atoms with Gasteiger partial charge in [-0.05, 0) is 101 Å². The monoisotopic (exact) mass is 512 g/mol. The summed E-state index contributed by atoms with van der Waals surface area (Å²) >= 11 is 0. The Kier molecular flexibility index (Phi) is 9.73. The number of rotatable bonds is 13. The van der Waals surface area contributed by atoms with Crippen molar-refractivity contribution in [3.05, 3.63) is 46.6 Å². The minimum atomic E-state index is -0.818. The molecule has 0 heterocycles. The van der Waals surface area contributed by atoms with Crippen molar-refractivity contribution in [3.8, 4) is 0 Å². The molecule has 5 heteroatoms. The number of aliphatic carboxylic acids is 1. The van der Waals surface area contributed by atoms with Gasteiger partial charge in [-0.1, -0.05) is 52.0 Å². The number of Topliss-reactive ketones (excluding diaryl/α,β-unsaturated/α-hetero) is 2. The molecule has 1 N–H and O–H groups in total. The second kappa shape index (κ2) is 11.6.